The molecule has 7 nitrogen and oxygen atoms in total. The molecule has 0 heterocycles. The smallest absolute Gasteiger partial charge is 0.187 e. The van der Waals surface area contributed by atoms with Crippen LogP contribution < -0.4 is 0 Å². The third kappa shape index (κ3) is 1240. The van der Waals surface area contributed by atoms with E-state index in [1.54, 1.807) is 0 Å². The summed E-state index contributed by atoms with van der Waals surface area (Å²) in [7, 11) is 0. The van der Waals surface area contributed by atoms with Crippen LogP contribution in [0.25, 0.3) is 0 Å². The molecule has 0 rings (SSSR count). The molecule has 0 aromatic heterocycles. The lowest BCUT2D eigenvalue weighted by Crippen LogP contribution is -0.381. The van der Waals surface area contributed by atoms with Crippen molar-refractivity contribution in [2.45, 2.75) is 0 Å². The van der Waals surface area contributed by atoms with Crippen LogP contribution in [-0.4, -0.2) is 55.7 Å². The molecule has 0 aromatic carbocycles. The Morgan fingerprint density at radius 3 is 0.333 bits per heavy atom. The molecule has 0 atom stereocenters. The van der Waals surface area contributed by atoms with Crippen LogP contribution in [0.3, 0.4) is 0 Å². The van der Waals surface area contributed by atoms with Gasteiger partial charge in [-0.1, -0.05) is 0 Å². The van der Waals surface area contributed by atoms with Gasteiger partial charge in [-0.05, 0) is 0 Å². The number of rotatable bonds is 0. The zero-order chi connectivity index (χ0) is 0. The van der Waals surface area contributed by atoms with Crippen molar-refractivity contribution in [1.29, 1.82) is 0 Å². The summed E-state index contributed by atoms with van der Waals surface area (Å²) in [5.41, 5.74) is 0. The van der Waals surface area contributed by atoms with Crippen LogP contribution in [0.4, 0.5) is 0 Å². The predicted octanol–water partition coefficient (Wildman–Crippen LogP) is -6.53. The SMILES string of the molecule is Cl.O.O.O.O.O.O.O.[AlH3]. The Morgan fingerprint density at radius 2 is 0.333 bits per heavy atom. The maximum Gasteiger partial charge on any atom is 0.187 e. The molecule has 9 heavy (non-hydrogen) atoms. The molecule has 0 saturated heterocycles. The first-order chi connectivity index (χ1) is 0. The Labute approximate surface area is 68.8 Å². The molecule has 0 unspecified atom stereocenters. The van der Waals surface area contributed by atoms with Crippen molar-refractivity contribution in [2.24, 2.45) is 0 Å². The summed E-state index contributed by atoms with van der Waals surface area (Å²) in [4.78, 5) is 0. The minimum absolute atomic E-state index is 0. The van der Waals surface area contributed by atoms with E-state index in [-0.39, 0.29) is 68.1 Å². The van der Waals surface area contributed by atoms with Gasteiger partial charge in [0.25, 0.3) is 0 Å². The van der Waals surface area contributed by atoms with Crippen LogP contribution in [0.2, 0.25) is 0 Å². The summed E-state index contributed by atoms with van der Waals surface area (Å²) in [6.07, 6.45) is 0. The van der Waals surface area contributed by atoms with E-state index >= 15 is 0 Å². The first-order valence-electron chi connectivity index (χ1n) is 0. The quantitative estimate of drug-likeness (QED) is 0.327. The van der Waals surface area contributed by atoms with E-state index in [1.165, 1.54) is 0 Å². The highest BCUT2D eigenvalue weighted by atomic mass is 35.5. The van der Waals surface area contributed by atoms with Crippen molar-refractivity contribution in [1.82, 2.24) is 0 Å². The van der Waals surface area contributed by atoms with Gasteiger partial charge in [-0.25, -0.2) is 0 Å². The van der Waals surface area contributed by atoms with Crippen molar-refractivity contribution < 1.29 is 38.3 Å². The average molecular weight is 193 g/mol. The lowest BCUT2D eigenvalue weighted by molar-refractivity contribution is 0.823. The normalized spacial score (nSPS) is 0. The monoisotopic (exact) mass is 192 g/mol. The van der Waals surface area contributed by atoms with E-state index < -0.39 is 0 Å². The number of halogens is 1. The molecule has 70 valence electrons. The fraction of sp³-hybridized carbons (Fsp3) is 0. The van der Waals surface area contributed by atoms with Crippen LogP contribution in [0, 0.1) is 0 Å². The third-order valence-electron chi connectivity index (χ3n) is 0. The van der Waals surface area contributed by atoms with Gasteiger partial charge >= 0.3 is 0 Å². The molecule has 0 amide bonds. The van der Waals surface area contributed by atoms with E-state index in [1.807, 2.05) is 0 Å². The Kier molecular flexibility index (Phi) is 434000. The second-order valence-corrected chi connectivity index (χ2v) is 0. The molecular formula is H18AlClO7. The Hall–Kier alpha value is 0.542. The number of hydrogen-bond acceptors (Lipinski definition) is 0. The van der Waals surface area contributed by atoms with Gasteiger partial charge in [0.05, 0.1) is 0 Å². The summed E-state index contributed by atoms with van der Waals surface area (Å²) in [6.45, 7) is 0. The number of hydrogen-bond donors (Lipinski definition) is 0. The third-order valence-corrected chi connectivity index (χ3v) is 0. The molecule has 14 N–H and O–H groups in total. The van der Waals surface area contributed by atoms with Crippen LogP contribution in [0.1, 0.15) is 0 Å². The van der Waals surface area contributed by atoms with Gasteiger partial charge in [-0.2, -0.15) is 0 Å². The standard InChI is InChI=1S/Al.ClH.7H2O.3H/h;1H;7*1H2;;;. The average Bonchev–Trinajstić information content (AvgIpc) is 0. The first kappa shape index (κ1) is 2370. The van der Waals surface area contributed by atoms with Crippen LogP contribution in [0.15, 0.2) is 0 Å². The topological polar surface area (TPSA) is 220 Å². The molecule has 0 bridgehead atoms. The summed E-state index contributed by atoms with van der Waals surface area (Å²) >= 11 is 0. The maximum absolute atomic E-state index is 0. The van der Waals surface area contributed by atoms with Crippen molar-refractivity contribution in [2.75, 3.05) is 0 Å². The molecule has 0 spiro atoms. The summed E-state index contributed by atoms with van der Waals surface area (Å²) in [5.74, 6) is 0. The maximum atomic E-state index is 0. The Balaban J connectivity index is 0. The Morgan fingerprint density at radius 1 is 0.333 bits per heavy atom. The highest BCUT2D eigenvalue weighted by Gasteiger charge is 0.187. The molecule has 0 saturated carbocycles. The second-order valence-electron chi connectivity index (χ2n) is 0. The van der Waals surface area contributed by atoms with Crippen LogP contribution >= 0.6 is 12.4 Å². The van der Waals surface area contributed by atoms with Gasteiger partial charge < -0.3 is 38.3 Å². The van der Waals surface area contributed by atoms with E-state index in [9.17, 15) is 0 Å². The van der Waals surface area contributed by atoms with Gasteiger partial charge in [0.1, 0.15) is 0 Å². The van der Waals surface area contributed by atoms with Gasteiger partial charge in [-0.15, -0.1) is 12.4 Å². The molecule has 0 fully saturated rings. The second kappa shape index (κ2) is 1650. The van der Waals surface area contributed by atoms with Gasteiger partial charge in [0.15, 0.2) is 17.4 Å². The van der Waals surface area contributed by atoms with Gasteiger partial charge in [-0.3, -0.25) is 0 Å². The van der Waals surface area contributed by atoms with Gasteiger partial charge in [0.2, 0.25) is 0 Å². The van der Waals surface area contributed by atoms with E-state index in [0.717, 1.165) is 0 Å². The lowest BCUT2D eigenvalue weighted by Gasteiger charge is -0.413. The molecule has 0 radical (unpaired) electrons. The summed E-state index contributed by atoms with van der Waals surface area (Å²) < 4.78 is 0. The largest absolute Gasteiger partial charge is 0.412 e. The zero-order valence-electron chi connectivity index (χ0n) is 3.91. The van der Waals surface area contributed by atoms with Crippen LogP contribution in [0.5, 0.6) is 0 Å². The molecule has 0 aliphatic carbocycles. The van der Waals surface area contributed by atoms with Crippen molar-refractivity contribution in [3.63, 3.8) is 0 Å². The molecular weight excluding hydrogens is 174 g/mol. The molecule has 9 heteroatoms. The first-order valence-corrected chi connectivity index (χ1v) is 0. The highest BCUT2D eigenvalue weighted by Crippen LogP contribution is 0.690. The zero-order valence-corrected chi connectivity index (χ0v) is 4.72. The fourth-order valence-corrected chi connectivity index (χ4v) is 0. The van der Waals surface area contributed by atoms with E-state index in [4.69, 9.17) is 0 Å². The van der Waals surface area contributed by atoms with Crippen LogP contribution in [-0.2, 0) is 0 Å². The summed E-state index contributed by atoms with van der Waals surface area (Å²) in [6, 6.07) is 0. The van der Waals surface area contributed by atoms with Crippen molar-refractivity contribution in [3.8, 4) is 0 Å². The Bertz CT molecular complexity index is 8.88. The van der Waals surface area contributed by atoms with Gasteiger partial charge in [0, 0.05) is 0 Å². The van der Waals surface area contributed by atoms with Crippen molar-refractivity contribution in [3.05, 3.63) is 0 Å². The highest BCUT2D eigenvalue weighted by molar-refractivity contribution is 5.85. The molecule has 0 aliphatic rings. The minimum Gasteiger partial charge on any atom is -0.412 e. The predicted molar refractivity (Wildman–Crippen MR) is 42.5 cm³/mol. The fourth-order valence-electron chi connectivity index (χ4n) is 0. The summed E-state index contributed by atoms with van der Waals surface area (Å²) in [5, 5.41) is 0. The van der Waals surface area contributed by atoms with E-state index in [2.05, 4.69) is 0 Å². The minimum atomic E-state index is 0. The molecule has 0 aromatic rings. The van der Waals surface area contributed by atoms with E-state index in [0.29, 0.717) is 0 Å². The lowest BCUT2D eigenvalue weighted by atomic mass is 16.0. The molecule has 0 aliphatic heterocycles. The van der Waals surface area contributed by atoms with Crippen molar-refractivity contribution >= 4 is 29.8 Å².